The lowest BCUT2D eigenvalue weighted by Gasteiger charge is -2.31. The molecule has 3 nitrogen and oxygen atoms in total. The fraction of sp³-hybridized carbons (Fsp3) is 0.818. The summed E-state index contributed by atoms with van der Waals surface area (Å²) in [5.74, 6) is -0.638. The molecule has 0 bridgehead atoms. The van der Waals surface area contributed by atoms with Crippen molar-refractivity contribution in [1.82, 2.24) is 0 Å². The normalized spacial score (nSPS) is 11.6. The number of hydrogen-bond donors (Lipinski definition) is 0. The van der Waals surface area contributed by atoms with Crippen molar-refractivity contribution in [1.29, 1.82) is 0 Å². The molecule has 84 valence electrons. The first-order valence-electron chi connectivity index (χ1n) is 5.21. The number of rotatable bonds is 9. The number of ether oxygens (including phenoxy) is 3. The van der Waals surface area contributed by atoms with E-state index in [0.29, 0.717) is 32.8 Å². The minimum atomic E-state index is -0.638. The van der Waals surface area contributed by atoms with Crippen molar-refractivity contribution in [3.8, 4) is 0 Å². The monoisotopic (exact) mass is 202 g/mol. The van der Waals surface area contributed by atoms with Gasteiger partial charge in [-0.05, 0) is 20.8 Å². The van der Waals surface area contributed by atoms with E-state index in [1.165, 1.54) is 0 Å². The molecule has 0 amide bonds. The lowest BCUT2D eigenvalue weighted by Crippen LogP contribution is -2.40. The molecule has 0 unspecified atom stereocenters. The van der Waals surface area contributed by atoms with Crippen LogP contribution >= 0.6 is 0 Å². The highest BCUT2D eigenvalue weighted by Gasteiger charge is 2.30. The molecular weight excluding hydrogens is 180 g/mol. The molecule has 0 aromatic rings. The summed E-state index contributed by atoms with van der Waals surface area (Å²) < 4.78 is 16.5. The van der Waals surface area contributed by atoms with E-state index in [1.54, 1.807) is 6.08 Å². The van der Waals surface area contributed by atoms with Gasteiger partial charge >= 0.3 is 0 Å². The third-order valence-electron chi connectivity index (χ3n) is 1.80. The maximum absolute atomic E-state index is 5.59. The molecule has 0 heterocycles. The van der Waals surface area contributed by atoms with Crippen molar-refractivity contribution < 1.29 is 14.2 Å². The van der Waals surface area contributed by atoms with E-state index in [4.69, 9.17) is 14.2 Å². The first kappa shape index (κ1) is 13.6. The van der Waals surface area contributed by atoms with Crippen molar-refractivity contribution in [3.05, 3.63) is 12.7 Å². The predicted octanol–water partition coefficient (Wildman–Crippen LogP) is 2.37. The fourth-order valence-corrected chi connectivity index (χ4v) is 1.31. The van der Waals surface area contributed by atoms with Crippen LogP contribution in [0.5, 0.6) is 0 Å². The van der Waals surface area contributed by atoms with Crippen LogP contribution in [0.3, 0.4) is 0 Å². The molecule has 3 heteroatoms. The Hall–Kier alpha value is -0.380. The summed E-state index contributed by atoms with van der Waals surface area (Å²) in [5.41, 5.74) is 0. The van der Waals surface area contributed by atoms with Crippen LogP contribution in [0.1, 0.15) is 27.2 Å². The first-order valence-corrected chi connectivity index (χ1v) is 5.21. The van der Waals surface area contributed by atoms with Gasteiger partial charge in [-0.3, -0.25) is 0 Å². The van der Waals surface area contributed by atoms with Crippen LogP contribution in [0.15, 0.2) is 12.7 Å². The highest BCUT2D eigenvalue weighted by atomic mass is 16.7. The van der Waals surface area contributed by atoms with Gasteiger partial charge in [0.1, 0.15) is 6.61 Å². The molecule has 0 aromatic carbocycles. The molecule has 0 radical (unpaired) electrons. The maximum atomic E-state index is 5.59. The third-order valence-corrected chi connectivity index (χ3v) is 1.80. The lowest BCUT2D eigenvalue weighted by molar-refractivity contribution is -0.255. The Labute approximate surface area is 87.0 Å². The summed E-state index contributed by atoms with van der Waals surface area (Å²) in [7, 11) is 0. The lowest BCUT2D eigenvalue weighted by atomic mass is 10.2. The summed E-state index contributed by atoms with van der Waals surface area (Å²) >= 11 is 0. The number of hydrogen-bond acceptors (Lipinski definition) is 3. The van der Waals surface area contributed by atoms with E-state index in [9.17, 15) is 0 Å². The van der Waals surface area contributed by atoms with Crippen LogP contribution in [-0.4, -0.2) is 32.2 Å². The van der Waals surface area contributed by atoms with E-state index >= 15 is 0 Å². The molecule has 0 rings (SSSR count). The van der Waals surface area contributed by atoms with Gasteiger partial charge in [0.05, 0.1) is 0 Å². The van der Waals surface area contributed by atoms with Crippen molar-refractivity contribution in [2.75, 3.05) is 26.4 Å². The highest BCUT2D eigenvalue weighted by Crippen LogP contribution is 2.19. The summed E-state index contributed by atoms with van der Waals surface area (Å²) in [6.45, 7) is 11.9. The molecule has 0 aliphatic carbocycles. The second kappa shape index (κ2) is 7.97. The van der Waals surface area contributed by atoms with Crippen molar-refractivity contribution in [3.63, 3.8) is 0 Å². The molecule has 0 saturated heterocycles. The van der Waals surface area contributed by atoms with Crippen LogP contribution < -0.4 is 0 Å². The molecule has 0 aliphatic rings. The molecule has 0 saturated carbocycles. The molecule has 0 aromatic heterocycles. The Bertz CT molecular complexity index is 139. The average molecular weight is 202 g/mol. The van der Waals surface area contributed by atoms with Gasteiger partial charge in [0.2, 0.25) is 0 Å². The second-order valence-corrected chi connectivity index (χ2v) is 2.91. The zero-order chi connectivity index (χ0) is 10.9. The largest absolute Gasteiger partial charge is 0.376 e. The first-order chi connectivity index (χ1) is 6.74. The van der Waals surface area contributed by atoms with E-state index in [0.717, 1.165) is 0 Å². The van der Waals surface area contributed by atoms with Crippen LogP contribution in [-0.2, 0) is 14.2 Å². The Balaban J connectivity index is 4.28. The Kier molecular flexibility index (Phi) is 7.76. The van der Waals surface area contributed by atoms with Crippen molar-refractivity contribution >= 4 is 0 Å². The van der Waals surface area contributed by atoms with E-state index < -0.39 is 5.79 Å². The maximum Gasteiger partial charge on any atom is 0.195 e. The van der Waals surface area contributed by atoms with Crippen LogP contribution in [0, 0.1) is 0 Å². The van der Waals surface area contributed by atoms with Gasteiger partial charge in [-0.2, -0.15) is 0 Å². The van der Waals surface area contributed by atoms with Gasteiger partial charge in [0, 0.05) is 26.2 Å². The molecule has 0 spiro atoms. The molecular formula is C11H22O3. The van der Waals surface area contributed by atoms with Gasteiger partial charge in [-0.25, -0.2) is 0 Å². The predicted molar refractivity (Wildman–Crippen MR) is 57.3 cm³/mol. The quantitative estimate of drug-likeness (QED) is 0.424. The molecule has 0 fully saturated rings. The summed E-state index contributed by atoms with van der Waals surface area (Å²) in [4.78, 5) is 0. The minimum Gasteiger partial charge on any atom is -0.376 e. The van der Waals surface area contributed by atoms with Gasteiger partial charge in [-0.1, -0.05) is 6.08 Å². The van der Waals surface area contributed by atoms with Crippen molar-refractivity contribution in [2.24, 2.45) is 0 Å². The standard InChI is InChI=1S/C11H22O3/c1-5-9-11(13-7-3,14-8-4)10-12-6-2/h5H,1,6-10H2,2-4H3. The zero-order valence-corrected chi connectivity index (χ0v) is 9.54. The highest BCUT2D eigenvalue weighted by molar-refractivity contribution is 4.81. The summed E-state index contributed by atoms with van der Waals surface area (Å²) in [5, 5.41) is 0. The van der Waals surface area contributed by atoms with Crippen molar-refractivity contribution in [2.45, 2.75) is 33.0 Å². The Morgan fingerprint density at radius 2 is 1.64 bits per heavy atom. The summed E-state index contributed by atoms with van der Waals surface area (Å²) in [6.07, 6.45) is 2.44. The van der Waals surface area contributed by atoms with Crippen LogP contribution in [0.2, 0.25) is 0 Å². The SMILES string of the molecule is C=CCC(COCC)(OCC)OCC. The topological polar surface area (TPSA) is 27.7 Å². The Morgan fingerprint density at radius 3 is 2.00 bits per heavy atom. The zero-order valence-electron chi connectivity index (χ0n) is 9.54. The molecule has 0 N–H and O–H groups in total. The second-order valence-electron chi connectivity index (χ2n) is 2.91. The average Bonchev–Trinajstić information content (AvgIpc) is 2.16. The van der Waals surface area contributed by atoms with E-state index in [-0.39, 0.29) is 0 Å². The van der Waals surface area contributed by atoms with Gasteiger partial charge < -0.3 is 14.2 Å². The molecule has 14 heavy (non-hydrogen) atoms. The van der Waals surface area contributed by atoms with Crippen LogP contribution in [0.4, 0.5) is 0 Å². The third kappa shape index (κ3) is 4.74. The summed E-state index contributed by atoms with van der Waals surface area (Å²) in [6, 6.07) is 0. The van der Waals surface area contributed by atoms with Gasteiger partial charge in [-0.15, -0.1) is 6.58 Å². The minimum absolute atomic E-state index is 0.456. The van der Waals surface area contributed by atoms with E-state index in [2.05, 4.69) is 6.58 Å². The van der Waals surface area contributed by atoms with Gasteiger partial charge in [0.25, 0.3) is 0 Å². The van der Waals surface area contributed by atoms with E-state index in [1.807, 2.05) is 20.8 Å². The van der Waals surface area contributed by atoms with Crippen LogP contribution in [0.25, 0.3) is 0 Å². The Morgan fingerprint density at radius 1 is 1.07 bits per heavy atom. The van der Waals surface area contributed by atoms with Gasteiger partial charge in [0.15, 0.2) is 5.79 Å². The smallest absolute Gasteiger partial charge is 0.195 e. The molecule has 0 atom stereocenters. The fourth-order valence-electron chi connectivity index (χ4n) is 1.31. The molecule has 0 aliphatic heterocycles.